The fraction of sp³-hybridized carbons (Fsp3) is 0.812. The first-order valence-corrected chi connectivity index (χ1v) is 8.10. The summed E-state index contributed by atoms with van der Waals surface area (Å²) in [4.78, 5) is 0. The van der Waals surface area contributed by atoms with E-state index in [1.54, 1.807) is 0 Å². The number of rotatable bonds is 6. The van der Waals surface area contributed by atoms with E-state index in [1.807, 2.05) is 18.7 Å². The summed E-state index contributed by atoms with van der Waals surface area (Å²) in [6.07, 6.45) is 5.50. The van der Waals surface area contributed by atoms with Crippen molar-refractivity contribution >= 4 is 0 Å². The second kappa shape index (κ2) is 6.90. The molecule has 5 nitrogen and oxygen atoms in total. The van der Waals surface area contributed by atoms with E-state index in [-0.39, 0.29) is 11.6 Å². The smallest absolute Gasteiger partial charge is 0.0854 e. The van der Waals surface area contributed by atoms with Gasteiger partial charge in [0.2, 0.25) is 0 Å². The number of nitrogens with two attached hydrogens (primary N) is 1. The molecule has 0 saturated heterocycles. The van der Waals surface area contributed by atoms with Gasteiger partial charge >= 0.3 is 0 Å². The lowest BCUT2D eigenvalue weighted by Crippen LogP contribution is -2.58. The zero-order chi connectivity index (χ0) is 15.5. The first-order valence-electron chi connectivity index (χ1n) is 8.10. The van der Waals surface area contributed by atoms with Crippen LogP contribution in [0.1, 0.15) is 50.9 Å². The van der Waals surface area contributed by atoms with E-state index in [1.165, 1.54) is 18.5 Å². The number of hydrogen-bond donors (Lipinski definition) is 2. The summed E-state index contributed by atoms with van der Waals surface area (Å²) in [5.41, 5.74) is 5.13. The van der Waals surface area contributed by atoms with Crippen molar-refractivity contribution in [2.45, 2.75) is 64.5 Å². The van der Waals surface area contributed by atoms with Crippen LogP contribution in [0.4, 0.5) is 0 Å². The molecule has 1 aromatic heterocycles. The van der Waals surface area contributed by atoms with Gasteiger partial charge in [0.1, 0.15) is 0 Å². The highest BCUT2D eigenvalue weighted by atomic mass is 16.5. The highest BCUT2D eigenvalue weighted by Crippen LogP contribution is 2.38. The summed E-state index contributed by atoms with van der Waals surface area (Å²) in [6.45, 7) is 7.14. The molecule has 2 rings (SSSR count). The van der Waals surface area contributed by atoms with Crippen LogP contribution in [-0.4, -0.2) is 28.0 Å². The Balaban J connectivity index is 2.21. The van der Waals surface area contributed by atoms with Gasteiger partial charge in [0.15, 0.2) is 0 Å². The van der Waals surface area contributed by atoms with Crippen LogP contribution in [-0.2, 0) is 18.2 Å². The van der Waals surface area contributed by atoms with Gasteiger partial charge in [0, 0.05) is 25.8 Å². The topological polar surface area (TPSA) is 65.1 Å². The summed E-state index contributed by atoms with van der Waals surface area (Å²) >= 11 is 0. The van der Waals surface area contributed by atoms with Crippen molar-refractivity contribution in [2.75, 3.05) is 6.61 Å². The summed E-state index contributed by atoms with van der Waals surface area (Å²) in [5, 5.41) is 4.43. The molecule has 0 radical (unpaired) electrons. The van der Waals surface area contributed by atoms with Crippen LogP contribution in [0.15, 0.2) is 6.07 Å². The van der Waals surface area contributed by atoms with Crippen molar-refractivity contribution < 1.29 is 4.74 Å². The summed E-state index contributed by atoms with van der Waals surface area (Å²) in [6, 6.07) is 2.26. The molecule has 1 saturated carbocycles. The maximum Gasteiger partial charge on any atom is 0.0854 e. The number of hydrazine groups is 1. The van der Waals surface area contributed by atoms with Gasteiger partial charge in [-0.3, -0.25) is 16.0 Å². The van der Waals surface area contributed by atoms with Gasteiger partial charge in [0.05, 0.1) is 17.3 Å². The first-order chi connectivity index (χ1) is 10.0. The number of ether oxygens (including phenoxy) is 1. The molecule has 1 aromatic rings. The van der Waals surface area contributed by atoms with Crippen molar-refractivity contribution in [3.8, 4) is 0 Å². The molecule has 1 aliphatic carbocycles. The van der Waals surface area contributed by atoms with Crippen LogP contribution >= 0.6 is 0 Å². The normalized spacial score (nSPS) is 27.8. The van der Waals surface area contributed by atoms with Crippen molar-refractivity contribution in [2.24, 2.45) is 18.8 Å². The second-order valence-electron chi connectivity index (χ2n) is 6.52. The van der Waals surface area contributed by atoms with E-state index in [4.69, 9.17) is 10.6 Å². The Morgan fingerprint density at radius 1 is 1.62 bits per heavy atom. The van der Waals surface area contributed by atoms with Crippen LogP contribution in [0.3, 0.4) is 0 Å². The van der Waals surface area contributed by atoms with Crippen LogP contribution in [0.2, 0.25) is 0 Å². The van der Waals surface area contributed by atoms with E-state index in [2.05, 4.69) is 30.4 Å². The molecule has 3 atom stereocenters. The Bertz CT molecular complexity index is 455. The Morgan fingerprint density at radius 3 is 2.90 bits per heavy atom. The molecule has 1 fully saturated rings. The zero-order valence-corrected chi connectivity index (χ0v) is 13.9. The molecular weight excluding hydrogens is 264 g/mol. The molecule has 0 aromatic carbocycles. The first kappa shape index (κ1) is 16.5. The molecule has 0 bridgehead atoms. The summed E-state index contributed by atoms with van der Waals surface area (Å²) in [7, 11) is 1.99. The van der Waals surface area contributed by atoms with E-state index < -0.39 is 0 Å². The molecule has 5 heteroatoms. The maximum absolute atomic E-state index is 6.24. The molecule has 3 N–H and O–H groups in total. The predicted octanol–water partition coefficient (Wildman–Crippen LogP) is 2.09. The van der Waals surface area contributed by atoms with E-state index in [9.17, 15) is 0 Å². The van der Waals surface area contributed by atoms with Gasteiger partial charge in [-0.05, 0) is 38.7 Å². The van der Waals surface area contributed by atoms with Crippen molar-refractivity contribution in [1.82, 2.24) is 15.2 Å². The standard InChI is InChI=1S/C16H30N4O/c1-5-21-16(8-6-7-12(2)11-16)15(18-17)10-14-9-13(3)19-20(14)4/h9,12,15,18H,5-8,10-11,17H2,1-4H3. The summed E-state index contributed by atoms with van der Waals surface area (Å²) in [5.74, 6) is 6.60. The van der Waals surface area contributed by atoms with E-state index in [0.717, 1.165) is 31.6 Å². The number of nitrogens with zero attached hydrogens (tertiary/aromatic N) is 2. The quantitative estimate of drug-likeness (QED) is 0.623. The molecule has 21 heavy (non-hydrogen) atoms. The van der Waals surface area contributed by atoms with E-state index >= 15 is 0 Å². The molecule has 120 valence electrons. The number of aromatic nitrogens is 2. The van der Waals surface area contributed by atoms with Crippen molar-refractivity contribution in [3.05, 3.63) is 17.5 Å². The fourth-order valence-electron chi connectivity index (χ4n) is 3.84. The minimum absolute atomic E-state index is 0.120. The predicted molar refractivity (Wildman–Crippen MR) is 84.7 cm³/mol. The van der Waals surface area contributed by atoms with Crippen molar-refractivity contribution in [1.29, 1.82) is 0 Å². The second-order valence-corrected chi connectivity index (χ2v) is 6.52. The lowest BCUT2D eigenvalue weighted by atomic mass is 9.73. The van der Waals surface area contributed by atoms with Gasteiger partial charge in [-0.2, -0.15) is 5.10 Å². The van der Waals surface area contributed by atoms with Gasteiger partial charge < -0.3 is 4.74 Å². The monoisotopic (exact) mass is 294 g/mol. The van der Waals surface area contributed by atoms with Gasteiger partial charge in [-0.25, -0.2) is 0 Å². The molecule has 0 aliphatic heterocycles. The lowest BCUT2D eigenvalue weighted by molar-refractivity contribution is -0.100. The zero-order valence-electron chi connectivity index (χ0n) is 13.9. The van der Waals surface area contributed by atoms with Crippen LogP contribution in [0.25, 0.3) is 0 Å². The number of nitrogens with one attached hydrogen (secondary N) is 1. The minimum atomic E-state index is -0.153. The third-order valence-electron chi connectivity index (χ3n) is 4.77. The highest BCUT2D eigenvalue weighted by molar-refractivity contribution is 5.12. The van der Waals surface area contributed by atoms with E-state index in [0.29, 0.717) is 5.92 Å². The maximum atomic E-state index is 6.24. The minimum Gasteiger partial charge on any atom is -0.374 e. The lowest BCUT2D eigenvalue weighted by Gasteiger charge is -2.45. The SMILES string of the molecule is CCOC1(C(Cc2cc(C)nn2C)NN)CCCC(C)C1. The average molecular weight is 294 g/mol. The molecule has 0 amide bonds. The van der Waals surface area contributed by atoms with Gasteiger partial charge in [-0.1, -0.05) is 19.8 Å². The van der Waals surface area contributed by atoms with Crippen LogP contribution in [0, 0.1) is 12.8 Å². The third kappa shape index (κ3) is 3.65. The van der Waals surface area contributed by atoms with Gasteiger partial charge in [-0.15, -0.1) is 0 Å². The molecule has 1 heterocycles. The molecule has 1 aliphatic rings. The highest BCUT2D eigenvalue weighted by Gasteiger charge is 2.42. The fourth-order valence-corrected chi connectivity index (χ4v) is 3.84. The Labute approximate surface area is 128 Å². The average Bonchev–Trinajstić information content (AvgIpc) is 2.74. The Hall–Kier alpha value is -0.910. The molecular formula is C16H30N4O. The molecule has 0 spiro atoms. The van der Waals surface area contributed by atoms with Crippen molar-refractivity contribution in [3.63, 3.8) is 0 Å². The van der Waals surface area contributed by atoms with Gasteiger partial charge in [0.25, 0.3) is 0 Å². The summed E-state index contributed by atoms with van der Waals surface area (Å²) < 4.78 is 8.19. The Morgan fingerprint density at radius 2 is 2.38 bits per heavy atom. The van der Waals surface area contributed by atoms with Crippen LogP contribution < -0.4 is 11.3 Å². The van der Waals surface area contributed by atoms with Crippen LogP contribution in [0.5, 0.6) is 0 Å². The molecule has 3 unspecified atom stereocenters. The Kier molecular flexibility index (Phi) is 5.41. The third-order valence-corrected chi connectivity index (χ3v) is 4.77. The number of hydrogen-bond acceptors (Lipinski definition) is 4. The number of aryl methyl sites for hydroxylation is 2. The largest absolute Gasteiger partial charge is 0.374 e.